The van der Waals surface area contributed by atoms with E-state index in [2.05, 4.69) is 50.5 Å². The van der Waals surface area contributed by atoms with Gasteiger partial charge in [-0.2, -0.15) is 0 Å². The van der Waals surface area contributed by atoms with Gasteiger partial charge in [-0.15, -0.1) is 0 Å². The van der Waals surface area contributed by atoms with Crippen molar-refractivity contribution in [2.45, 2.75) is 135 Å². The zero-order chi connectivity index (χ0) is 49.8. The van der Waals surface area contributed by atoms with Crippen molar-refractivity contribution in [2.75, 3.05) is 61.6 Å². The highest BCUT2D eigenvalue weighted by molar-refractivity contribution is 5.74. The topological polar surface area (TPSA) is 153 Å². The third-order valence-corrected chi connectivity index (χ3v) is 15.2. The largest absolute Gasteiger partial charge is 0.550 e. The fourth-order valence-electron chi connectivity index (χ4n) is 11.2. The first-order chi connectivity index (χ1) is 33.7. The number of carbonyl (C=O) groups is 3. The van der Waals surface area contributed by atoms with Crippen LogP contribution in [0.5, 0.6) is 46.0 Å². The van der Waals surface area contributed by atoms with E-state index in [0.29, 0.717) is 64.0 Å². The molecule has 0 aliphatic carbocycles. The number of methoxy groups -OCH3 is 3. The van der Waals surface area contributed by atoms with Gasteiger partial charge < -0.3 is 57.2 Å². The molecule has 0 saturated heterocycles. The van der Waals surface area contributed by atoms with E-state index >= 15 is 0 Å². The lowest BCUT2D eigenvalue weighted by Gasteiger charge is -2.47. The number of fused-ring (bicyclic) bond motifs is 2. The zero-order valence-electron chi connectivity index (χ0n) is 42.4. The lowest BCUT2D eigenvalue weighted by molar-refractivity contribution is -0.941. The fourth-order valence-corrected chi connectivity index (χ4v) is 11.2. The van der Waals surface area contributed by atoms with Crippen LogP contribution in [0.1, 0.15) is 142 Å². The Balaban J connectivity index is 1.34. The number of unbranched alkanes of at least 4 members (excludes halogenated alkanes) is 10. The minimum absolute atomic E-state index is 0.0662. The number of rotatable bonds is 22. The zero-order valence-corrected chi connectivity index (χ0v) is 42.4. The van der Waals surface area contributed by atoms with Gasteiger partial charge in [-0.3, -0.25) is 4.79 Å². The number of quaternary nitrogens is 2. The molecule has 4 heterocycles. The second-order valence-electron chi connectivity index (χ2n) is 20.2. The Morgan fingerprint density at radius 2 is 1.10 bits per heavy atom. The Hall–Kier alpha value is -5.79. The number of hydrogen-bond acceptors (Lipinski definition) is 11. The van der Waals surface area contributed by atoms with Gasteiger partial charge in [0.2, 0.25) is 5.75 Å². The highest BCUT2D eigenvalue weighted by atomic mass is 16.6. The van der Waals surface area contributed by atoms with Crippen LogP contribution in [0.4, 0.5) is 0 Å². The van der Waals surface area contributed by atoms with Crippen LogP contribution >= 0.6 is 0 Å². The molecule has 13 heteroatoms. The van der Waals surface area contributed by atoms with Crippen LogP contribution in [0, 0.1) is 0 Å². The Labute approximate surface area is 414 Å². The normalized spacial score (nSPS) is 20.2. The Bertz CT molecular complexity index is 2450. The van der Waals surface area contributed by atoms with E-state index in [-0.39, 0.29) is 30.7 Å². The van der Waals surface area contributed by atoms with Crippen molar-refractivity contribution in [3.8, 4) is 46.0 Å². The molecule has 13 nitrogen and oxygen atoms in total. The number of hydrogen-bond donors (Lipinski definition) is 0. The number of carboxylic acids is 2. The number of benzene rings is 4. The molecule has 4 atom stereocenters. The van der Waals surface area contributed by atoms with E-state index in [1.807, 2.05) is 24.3 Å². The summed E-state index contributed by atoms with van der Waals surface area (Å²) in [6.45, 7) is 5.06. The first-order valence-electron chi connectivity index (χ1n) is 25.6. The Morgan fingerprint density at radius 1 is 0.586 bits per heavy atom. The maximum absolute atomic E-state index is 13.1. The van der Waals surface area contributed by atoms with Gasteiger partial charge in [-0.05, 0) is 116 Å². The van der Waals surface area contributed by atoms with Gasteiger partial charge in [-0.1, -0.05) is 56.7 Å². The summed E-state index contributed by atoms with van der Waals surface area (Å²) in [4.78, 5) is 35.0. The van der Waals surface area contributed by atoms with Crippen LogP contribution in [0.2, 0.25) is 0 Å². The maximum Gasteiger partial charge on any atom is 0.308 e. The number of esters is 1. The molecule has 4 unspecified atom stereocenters. The third kappa shape index (κ3) is 12.7. The molecular weight excluding hydrogens is 889 g/mol. The predicted molar refractivity (Wildman–Crippen MR) is 264 cm³/mol. The monoisotopic (exact) mass is 963 g/mol. The smallest absolute Gasteiger partial charge is 0.308 e. The summed E-state index contributed by atoms with van der Waals surface area (Å²) in [6.07, 6.45) is 14.4. The van der Waals surface area contributed by atoms with E-state index in [1.54, 1.807) is 21.3 Å². The van der Waals surface area contributed by atoms with Crippen LogP contribution in [0.15, 0.2) is 60.7 Å². The molecule has 0 aromatic heterocycles. The summed E-state index contributed by atoms with van der Waals surface area (Å²) in [6, 6.07) is 20.8. The van der Waals surface area contributed by atoms with Gasteiger partial charge in [0, 0.05) is 50.1 Å². The molecule has 4 aromatic rings. The molecule has 378 valence electrons. The van der Waals surface area contributed by atoms with Gasteiger partial charge in [0.25, 0.3) is 0 Å². The number of aliphatic carboxylic acids is 2. The van der Waals surface area contributed by atoms with Gasteiger partial charge in [-0.25, -0.2) is 0 Å². The molecule has 0 radical (unpaired) electrons. The second-order valence-corrected chi connectivity index (χ2v) is 20.2. The predicted octanol–water partition coefficient (Wildman–Crippen LogP) is 9.07. The van der Waals surface area contributed by atoms with Crippen molar-refractivity contribution in [1.82, 2.24) is 0 Å². The van der Waals surface area contributed by atoms with Crippen LogP contribution in [0.25, 0.3) is 0 Å². The van der Waals surface area contributed by atoms with Crippen molar-refractivity contribution in [3.05, 3.63) is 94.0 Å². The van der Waals surface area contributed by atoms with E-state index < -0.39 is 17.9 Å². The highest BCUT2D eigenvalue weighted by Gasteiger charge is 2.44. The molecule has 8 rings (SSSR count). The first-order valence-corrected chi connectivity index (χ1v) is 25.6. The number of carboxylic acid groups (broad SMARTS) is 2. The van der Waals surface area contributed by atoms with Gasteiger partial charge in [0.15, 0.2) is 34.5 Å². The average molecular weight is 963 g/mol. The molecule has 0 spiro atoms. The fraction of sp³-hybridized carbons (Fsp3) is 0.526. The molecule has 6 bridgehead atoms. The van der Waals surface area contributed by atoms with Crippen molar-refractivity contribution >= 4 is 17.9 Å². The van der Waals surface area contributed by atoms with E-state index in [1.165, 1.54) is 23.6 Å². The number of nitrogens with zero attached hydrogens (tertiary/aromatic N) is 2. The van der Waals surface area contributed by atoms with Crippen LogP contribution in [0.3, 0.4) is 0 Å². The summed E-state index contributed by atoms with van der Waals surface area (Å²) >= 11 is 0. The third-order valence-electron chi connectivity index (χ3n) is 15.2. The summed E-state index contributed by atoms with van der Waals surface area (Å²) in [5, 5.41) is 21.9. The molecule has 4 aliphatic rings. The standard InChI is InChI=1S/C57H74N2O11/c1-39(60)68-56-52(67-6)37-43-28-32-59(3,30-18-14-10-8-12-16-20-54(63)64)47-34-41-23-26-48(65-4)50(35-41)69-44-24-21-40(22-25-44)33-46-45-38-51(70-57(56)55(43)47)49(66-5)36-42(45)27-31-58(46,2)29-17-13-9-7-11-15-19-53(61)62/h21-26,35-38,46-47H,7-20,27-34H2,1-6H3. The van der Waals surface area contributed by atoms with Gasteiger partial charge in [0.05, 0.1) is 67.2 Å². The van der Waals surface area contributed by atoms with E-state index in [9.17, 15) is 24.6 Å². The SMILES string of the molecule is COc1ccc2cc1Oc1ccc(cc1)CC1c3cc(c(OC)cc3CC[N+]1(C)CCCCCCCCC(=O)[O-])Oc1c(OC(C)=O)c(OC)cc3c1C(C2)[N+](C)(CCCCCCCCC(=O)[O-])CC3. The molecule has 4 aromatic carbocycles. The molecule has 4 aliphatic heterocycles. The van der Waals surface area contributed by atoms with Crippen molar-refractivity contribution in [1.29, 1.82) is 0 Å². The Kier molecular flexibility index (Phi) is 17.8. The van der Waals surface area contributed by atoms with Crippen molar-refractivity contribution in [3.63, 3.8) is 0 Å². The average Bonchev–Trinajstić information content (AvgIpc) is 3.33. The Morgan fingerprint density at radius 3 is 1.69 bits per heavy atom. The van der Waals surface area contributed by atoms with Crippen molar-refractivity contribution < 1.29 is 62.0 Å². The maximum atomic E-state index is 13.1. The molecule has 0 N–H and O–H groups in total. The lowest BCUT2D eigenvalue weighted by Crippen LogP contribution is -2.52. The second kappa shape index (κ2) is 23.9. The molecule has 70 heavy (non-hydrogen) atoms. The van der Waals surface area contributed by atoms with Gasteiger partial charge >= 0.3 is 5.97 Å². The van der Waals surface area contributed by atoms with Gasteiger partial charge in [0.1, 0.15) is 17.8 Å². The van der Waals surface area contributed by atoms with E-state index in [0.717, 1.165) is 131 Å². The van der Waals surface area contributed by atoms with Crippen LogP contribution < -0.4 is 38.6 Å². The van der Waals surface area contributed by atoms with E-state index in [4.69, 9.17) is 28.4 Å². The van der Waals surface area contributed by atoms with Crippen LogP contribution in [-0.4, -0.2) is 88.5 Å². The molecule has 0 saturated carbocycles. The number of likely N-dealkylation sites (N-methyl/N-ethyl adjacent to an activating group) is 2. The molecular formula is C57H74N2O11. The summed E-state index contributed by atoms with van der Waals surface area (Å²) < 4.78 is 39.8. The quantitative estimate of drug-likeness (QED) is 0.0321. The summed E-state index contributed by atoms with van der Waals surface area (Å²) in [5.74, 6) is 1.70. The molecule has 0 amide bonds. The van der Waals surface area contributed by atoms with Crippen LogP contribution in [-0.2, 0) is 40.1 Å². The molecule has 0 fully saturated rings. The highest BCUT2D eigenvalue weighted by Crippen LogP contribution is 2.54. The number of ether oxygens (including phenoxy) is 6. The lowest BCUT2D eigenvalue weighted by atomic mass is 9.84. The summed E-state index contributed by atoms with van der Waals surface area (Å²) in [7, 11) is 9.61. The number of carbonyl (C=O) groups excluding carboxylic acids is 3. The minimum atomic E-state index is -0.993. The summed E-state index contributed by atoms with van der Waals surface area (Å²) in [5.41, 5.74) is 6.65. The minimum Gasteiger partial charge on any atom is -0.550 e. The first kappa shape index (κ1) is 52.0. The van der Waals surface area contributed by atoms with Crippen molar-refractivity contribution in [2.24, 2.45) is 0 Å².